The Kier molecular flexibility index (Phi) is 2.65. The third-order valence-electron chi connectivity index (χ3n) is 3.33. The second kappa shape index (κ2) is 3.62. The lowest BCUT2D eigenvalue weighted by atomic mass is 9.91. The Morgan fingerprint density at radius 3 is 3.08 bits per heavy atom. The van der Waals surface area contributed by atoms with E-state index in [1.54, 1.807) is 0 Å². The van der Waals surface area contributed by atoms with Gasteiger partial charge in [-0.1, -0.05) is 6.92 Å². The van der Waals surface area contributed by atoms with Crippen LogP contribution in [0.2, 0.25) is 0 Å². The van der Waals surface area contributed by atoms with E-state index >= 15 is 0 Å². The minimum Gasteiger partial charge on any atom is -0.298 e. The first-order valence-corrected chi connectivity index (χ1v) is 6.31. The maximum atomic E-state index is 11.9. The Labute approximate surface area is 84.1 Å². The van der Waals surface area contributed by atoms with Gasteiger partial charge in [-0.05, 0) is 25.1 Å². The highest BCUT2D eigenvalue weighted by Gasteiger charge is 2.47. The molecule has 2 saturated heterocycles. The average Bonchev–Trinajstić information content (AvgIpc) is 2.46. The van der Waals surface area contributed by atoms with Gasteiger partial charge in [-0.2, -0.15) is 11.8 Å². The number of hydrogen-bond acceptors (Lipinski definition) is 3. The summed E-state index contributed by atoms with van der Waals surface area (Å²) < 4.78 is 0. The Hall–Kier alpha value is -0.0200. The molecular formula is C10H17NOS. The minimum absolute atomic E-state index is 0.0440. The summed E-state index contributed by atoms with van der Waals surface area (Å²) >= 11 is 1.95. The number of hydrogen-bond donors (Lipinski definition) is 0. The van der Waals surface area contributed by atoms with E-state index in [0.717, 1.165) is 31.7 Å². The van der Waals surface area contributed by atoms with Crippen LogP contribution in [0.3, 0.4) is 0 Å². The number of carbonyl (C=O) groups is 1. The molecule has 1 unspecified atom stereocenters. The van der Waals surface area contributed by atoms with Gasteiger partial charge in [0.15, 0.2) is 5.78 Å². The van der Waals surface area contributed by atoms with Gasteiger partial charge in [-0.3, -0.25) is 9.69 Å². The molecule has 2 nitrogen and oxygen atoms in total. The maximum Gasteiger partial charge on any atom is 0.155 e. The Morgan fingerprint density at radius 1 is 1.62 bits per heavy atom. The Morgan fingerprint density at radius 2 is 2.46 bits per heavy atom. The minimum atomic E-state index is -0.0440. The topological polar surface area (TPSA) is 20.3 Å². The lowest BCUT2D eigenvalue weighted by Crippen LogP contribution is -2.52. The fourth-order valence-electron chi connectivity index (χ4n) is 2.57. The molecule has 13 heavy (non-hydrogen) atoms. The van der Waals surface area contributed by atoms with E-state index in [-0.39, 0.29) is 5.54 Å². The molecule has 0 aromatic heterocycles. The van der Waals surface area contributed by atoms with Crippen LogP contribution in [-0.2, 0) is 4.79 Å². The van der Waals surface area contributed by atoms with Crippen molar-refractivity contribution in [3.05, 3.63) is 0 Å². The molecular weight excluding hydrogens is 182 g/mol. The molecule has 2 rings (SSSR count). The predicted molar refractivity (Wildman–Crippen MR) is 56.2 cm³/mol. The van der Waals surface area contributed by atoms with Gasteiger partial charge in [0.2, 0.25) is 0 Å². The van der Waals surface area contributed by atoms with Crippen molar-refractivity contribution in [1.29, 1.82) is 0 Å². The highest BCUT2D eigenvalue weighted by Crippen LogP contribution is 2.37. The van der Waals surface area contributed by atoms with E-state index < -0.39 is 0 Å². The molecule has 2 heterocycles. The fourth-order valence-corrected chi connectivity index (χ4v) is 3.89. The summed E-state index contributed by atoms with van der Waals surface area (Å²) in [4.78, 5) is 14.3. The smallest absolute Gasteiger partial charge is 0.155 e. The maximum absolute atomic E-state index is 11.9. The molecule has 0 aromatic carbocycles. The number of ketones is 1. The number of nitrogens with zero attached hydrogens (tertiary/aromatic N) is 1. The number of Topliss-reactive ketones (excluding diaryl/α,β-unsaturated/α-hetero) is 1. The van der Waals surface area contributed by atoms with Crippen LogP contribution in [0.5, 0.6) is 0 Å². The predicted octanol–water partition coefficient (Wildman–Crippen LogP) is 1.55. The second-order valence-electron chi connectivity index (χ2n) is 3.94. The highest BCUT2D eigenvalue weighted by molar-refractivity contribution is 7.99. The van der Waals surface area contributed by atoms with E-state index in [9.17, 15) is 4.79 Å². The van der Waals surface area contributed by atoms with Gasteiger partial charge in [-0.25, -0.2) is 0 Å². The first-order chi connectivity index (χ1) is 6.29. The monoisotopic (exact) mass is 199 g/mol. The van der Waals surface area contributed by atoms with Crippen molar-refractivity contribution in [2.24, 2.45) is 0 Å². The SMILES string of the molecule is CCN1CCC(=O)C12CCCSC2. The summed E-state index contributed by atoms with van der Waals surface area (Å²) in [5.41, 5.74) is -0.0440. The van der Waals surface area contributed by atoms with Crippen molar-refractivity contribution < 1.29 is 4.79 Å². The lowest BCUT2D eigenvalue weighted by Gasteiger charge is -2.39. The van der Waals surface area contributed by atoms with E-state index in [1.807, 2.05) is 11.8 Å². The molecule has 0 aromatic rings. The van der Waals surface area contributed by atoms with Crippen LogP contribution in [0, 0.1) is 0 Å². The first-order valence-electron chi connectivity index (χ1n) is 5.16. The van der Waals surface area contributed by atoms with Crippen molar-refractivity contribution >= 4 is 17.5 Å². The van der Waals surface area contributed by atoms with Crippen LogP contribution < -0.4 is 0 Å². The van der Waals surface area contributed by atoms with Gasteiger partial charge in [0.1, 0.15) is 0 Å². The normalized spacial score (nSPS) is 35.9. The summed E-state index contributed by atoms with van der Waals surface area (Å²) in [6, 6.07) is 0. The van der Waals surface area contributed by atoms with E-state index in [0.29, 0.717) is 5.78 Å². The van der Waals surface area contributed by atoms with Gasteiger partial charge < -0.3 is 0 Å². The van der Waals surface area contributed by atoms with Gasteiger partial charge in [0.05, 0.1) is 5.54 Å². The van der Waals surface area contributed by atoms with Gasteiger partial charge in [0, 0.05) is 18.7 Å². The number of likely N-dealkylation sites (N-methyl/N-ethyl adjacent to an activating group) is 1. The molecule has 0 amide bonds. The Bertz CT molecular complexity index is 211. The second-order valence-corrected chi connectivity index (χ2v) is 5.05. The van der Waals surface area contributed by atoms with Crippen molar-refractivity contribution in [2.75, 3.05) is 24.6 Å². The summed E-state index contributed by atoms with van der Waals surface area (Å²) in [5.74, 6) is 2.79. The van der Waals surface area contributed by atoms with Gasteiger partial charge >= 0.3 is 0 Å². The summed E-state index contributed by atoms with van der Waals surface area (Å²) in [6.45, 7) is 4.20. The number of thioether (sulfide) groups is 1. The summed E-state index contributed by atoms with van der Waals surface area (Å²) in [5, 5.41) is 0. The number of carbonyl (C=O) groups excluding carboxylic acids is 1. The summed E-state index contributed by atoms with van der Waals surface area (Å²) in [7, 11) is 0. The Balaban J connectivity index is 2.19. The van der Waals surface area contributed by atoms with Crippen molar-refractivity contribution in [2.45, 2.75) is 31.7 Å². The van der Waals surface area contributed by atoms with Crippen molar-refractivity contribution in [3.63, 3.8) is 0 Å². The molecule has 0 N–H and O–H groups in total. The lowest BCUT2D eigenvalue weighted by molar-refractivity contribution is -0.124. The third-order valence-corrected chi connectivity index (χ3v) is 4.59. The zero-order valence-corrected chi connectivity index (χ0v) is 9.03. The van der Waals surface area contributed by atoms with Crippen LogP contribution in [0.25, 0.3) is 0 Å². The number of likely N-dealkylation sites (tertiary alicyclic amines) is 1. The van der Waals surface area contributed by atoms with Gasteiger partial charge in [0.25, 0.3) is 0 Å². The molecule has 0 aliphatic carbocycles. The summed E-state index contributed by atoms with van der Waals surface area (Å²) in [6.07, 6.45) is 3.11. The zero-order chi connectivity index (χ0) is 9.31. The van der Waals surface area contributed by atoms with Gasteiger partial charge in [-0.15, -0.1) is 0 Å². The molecule has 2 aliphatic heterocycles. The van der Waals surface area contributed by atoms with E-state index in [4.69, 9.17) is 0 Å². The van der Waals surface area contributed by atoms with Crippen LogP contribution in [0.4, 0.5) is 0 Å². The largest absolute Gasteiger partial charge is 0.298 e. The molecule has 2 aliphatic rings. The molecule has 0 radical (unpaired) electrons. The van der Waals surface area contributed by atoms with Crippen molar-refractivity contribution in [1.82, 2.24) is 4.90 Å². The van der Waals surface area contributed by atoms with Crippen molar-refractivity contribution in [3.8, 4) is 0 Å². The van der Waals surface area contributed by atoms with Crippen LogP contribution in [-0.4, -0.2) is 40.8 Å². The molecule has 1 spiro atoms. The van der Waals surface area contributed by atoms with Crippen LogP contribution in [0.1, 0.15) is 26.2 Å². The zero-order valence-electron chi connectivity index (χ0n) is 8.21. The van der Waals surface area contributed by atoms with Crippen LogP contribution in [0.15, 0.2) is 0 Å². The third kappa shape index (κ3) is 1.42. The fraction of sp³-hybridized carbons (Fsp3) is 0.900. The van der Waals surface area contributed by atoms with Crippen LogP contribution >= 0.6 is 11.8 Å². The first kappa shape index (κ1) is 9.53. The molecule has 0 bridgehead atoms. The molecule has 0 saturated carbocycles. The quantitative estimate of drug-likeness (QED) is 0.639. The molecule has 1 atom stereocenters. The molecule has 74 valence electrons. The molecule has 2 fully saturated rings. The number of rotatable bonds is 1. The average molecular weight is 199 g/mol. The molecule has 3 heteroatoms. The highest BCUT2D eigenvalue weighted by atomic mass is 32.2. The van der Waals surface area contributed by atoms with E-state index in [2.05, 4.69) is 11.8 Å². The van der Waals surface area contributed by atoms with E-state index in [1.165, 1.54) is 12.2 Å². The standard InChI is InChI=1S/C10H17NOS/c1-2-11-6-4-9(12)10(11)5-3-7-13-8-10/h2-8H2,1H3.